The molecular formula is C15H12BrFN2O2S. The van der Waals surface area contributed by atoms with E-state index in [0.29, 0.717) is 28.7 Å². The number of nitrogens with one attached hydrogen (secondary N) is 2. The van der Waals surface area contributed by atoms with E-state index in [1.54, 1.807) is 24.3 Å². The van der Waals surface area contributed by atoms with E-state index >= 15 is 0 Å². The lowest BCUT2D eigenvalue weighted by Crippen LogP contribution is -2.28. The lowest BCUT2D eigenvalue weighted by atomic mass is 10.2. The number of fused-ring (bicyclic) bond motifs is 1. The first kappa shape index (κ1) is 15.1. The van der Waals surface area contributed by atoms with Crippen molar-refractivity contribution in [2.75, 3.05) is 12.1 Å². The highest BCUT2D eigenvalue weighted by Crippen LogP contribution is 2.34. The zero-order valence-corrected chi connectivity index (χ0v) is 13.8. The molecule has 2 N–H and O–H groups in total. The summed E-state index contributed by atoms with van der Waals surface area (Å²) in [5, 5.41) is 6.40. The van der Waals surface area contributed by atoms with Crippen molar-refractivity contribution in [3.63, 3.8) is 0 Å². The van der Waals surface area contributed by atoms with Crippen LogP contribution in [0.25, 0.3) is 0 Å². The van der Waals surface area contributed by atoms with Gasteiger partial charge in [0.15, 0.2) is 16.6 Å². The molecule has 0 saturated carbocycles. The summed E-state index contributed by atoms with van der Waals surface area (Å²) in [5.41, 5.74) is 1.31. The summed E-state index contributed by atoms with van der Waals surface area (Å²) in [7, 11) is 0. The zero-order chi connectivity index (χ0) is 15.5. The van der Waals surface area contributed by atoms with Gasteiger partial charge in [-0.15, -0.1) is 0 Å². The molecule has 1 aliphatic heterocycles. The van der Waals surface area contributed by atoms with Crippen molar-refractivity contribution in [1.82, 2.24) is 5.32 Å². The molecule has 3 rings (SSSR count). The van der Waals surface area contributed by atoms with Crippen LogP contribution in [0.3, 0.4) is 0 Å². The van der Waals surface area contributed by atoms with Crippen LogP contribution in [0.2, 0.25) is 0 Å². The molecular weight excluding hydrogens is 371 g/mol. The average Bonchev–Trinajstić information content (AvgIpc) is 2.96. The molecule has 0 radical (unpaired) electrons. The van der Waals surface area contributed by atoms with Crippen molar-refractivity contribution in [2.45, 2.75) is 6.54 Å². The Kier molecular flexibility index (Phi) is 4.44. The van der Waals surface area contributed by atoms with Gasteiger partial charge in [0.1, 0.15) is 5.82 Å². The number of hydrogen-bond acceptors (Lipinski definition) is 3. The van der Waals surface area contributed by atoms with Gasteiger partial charge in [-0.05, 0) is 42.5 Å². The Balaban J connectivity index is 1.59. The Morgan fingerprint density at radius 2 is 2.00 bits per heavy atom. The van der Waals surface area contributed by atoms with Crippen LogP contribution < -0.4 is 20.1 Å². The first-order valence-corrected chi connectivity index (χ1v) is 7.70. The summed E-state index contributed by atoms with van der Waals surface area (Å²) in [4.78, 5) is 0. The number of rotatable bonds is 3. The smallest absolute Gasteiger partial charge is 0.231 e. The fourth-order valence-corrected chi connectivity index (χ4v) is 2.60. The Hall–Kier alpha value is -1.86. The monoisotopic (exact) mass is 382 g/mol. The highest BCUT2D eigenvalue weighted by molar-refractivity contribution is 9.10. The van der Waals surface area contributed by atoms with Gasteiger partial charge in [-0.25, -0.2) is 4.39 Å². The second-order valence-electron chi connectivity index (χ2n) is 4.61. The van der Waals surface area contributed by atoms with E-state index in [-0.39, 0.29) is 12.6 Å². The summed E-state index contributed by atoms with van der Waals surface area (Å²) in [6.07, 6.45) is 0. The molecule has 0 bridgehead atoms. The predicted octanol–water partition coefficient (Wildman–Crippen LogP) is 3.80. The highest BCUT2D eigenvalue weighted by Gasteiger charge is 2.13. The third kappa shape index (κ3) is 3.48. The third-order valence-corrected chi connectivity index (χ3v) is 3.82. The first-order chi connectivity index (χ1) is 10.6. The molecule has 4 nitrogen and oxygen atoms in total. The summed E-state index contributed by atoms with van der Waals surface area (Å²) < 4.78 is 25.0. The van der Waals surface area contributed by atoms with Gasteiger partial charge in [-0.1, -0.05) is 15.9 Å². The maximum atomic E-state index is 13.6. The van der Waals surface area contributed by atoms with E-state index in [2.05, 4.69) is 26.6 Å². The molecule has 0 saturated heterocycles. The summed E-state index contributed by atoms with van der Waals surface area (Å²) in [6.45, 7) is 0.519. The topological polar surface area (TPSA) is 42.5 Å². The molecule has 0 aliphatic carbocycles. The highest BCUT2D eigenvalue weighted by atomic mass is 79.9. The summed E-state index contributed by atoms with van der Waals surface area (Å²) >= 11 is 8.53. The molecule has 22 heavy (non-hydrogen) atoms. The van der Waals surface area contributed by atoms with E-state index in [9.17, 15) is 4.39 Å². The molecule has 0 aromatic heterocycles. The van der Waals surface area contributed by atoms with Crippen LogP contribution in [0.15, 0.2) is 40.9 Å². The fourth-order valence-electron chi connectivity index (χ4n) is 2.00. The number of benzene rings is 2. The van der Waals surface area contributed by atoms with Crippen LogP contribution in [0.5, 0.6) is 11.5 Å². The number of ether oxygens (including phenoxy) is 2. The van der Waals surface area contributed by atoms with Crippen LogP contribution in [-0.2, 0) is 6.54 Å². The Morgan fingerprint density at radius 3 is 2.86 bits per heavy atom. The van der Waals surface area contributed by atoms with Gasteiger partial charge in [-0.2, -0.15) is 0 Å². The molecule has 0 amide bonds. The molecule has 7 heteroatoms. The minimum atomic E-state index is -0.276. The molecule has 1 heterocycles. The predicted molar refractivity (Wildman–Crippen MR) is 89.7 cm³/mol. The molecule has 0 spiro atoms. The van der Waals surface area contributed by atoms with E-state index in [1.807, 2.05) is 6.07 Å². The third-order valence-electron chi connectivity index (χ3n) is 3.08. The lowest BCUT2D eigenvalue weighted by molar-refractivity contribution is 0.174. The van der Waals surface area contributed by atoms with Gasteiger partial charge >= 0.3 is 0 Å². The standard InChI is InChI=1S/C15H12BrFN2O2S/c16-10-1-3-12(17)9(5-10)7-18-15(22)19-11-2-4-13-14(6-11)21-8-20-13/h1-6H,7-8H2,(H2,18,19,22). The second kappa shape index (κ2) is 6.50. The first-order valence-electron chi connectivity index (χ1n) is 6.50. The molecule has 0 unspecified atom stereocenters. The molecule has 0 fully saturated rings. The van der Waals surface area contributed by atoms with Crippen molar-refractivity contribution < 1.29 is 13.9 Å². The number of halogens is 2. The van der Waals surface area contributed by atoms with Gasteiger partial charge in [0.05, 0.1) is 0 Å². The maximum Gasteiger partial charge on any atom is 0.231 e. The Labute approximate surface area is 140 Å². The van der Waals surface area contributed by atoms with E-state index in [4.69, 9.17) is 21.7 Å². The summed E-state index contributed by atoms with van der Waals surface area (Å²) in [6, 6.07) is 10.2. The lowest BCUT2D eigenvalue weighted by Gasteiger charge is -2.11. The molecule has 2 aromatic carbocycles. The minimum absolute atomic E-state index is 0.226. The van der Waals surface area contributed by atoms with Gasteiger partial charge in [0.2, 0.25) is 6.79 Å². The number of thiocarbonyl (C=S) groups is 1. The minimum Gasteiger partial charge on any atom is -0.454 e. The average molecular weight is 383 g/mol. The van der Waals surface area contributed by atoms with Crippen LogP contribution in [0, 0.1) is 5.82 Å². The Bertz CT molecular complexity index is 727. The van der Waals surface area contributed by atoms with Gasteiger partial charge in [0.25, 0.3) is 0 Å². The van der Waals surface area contributed by atoms with Crippen molar-refractivity contribution in [1.29, 1.82) is 0 Å². The normalized spacial score (nSPS) is 12.1. The van der Waals surface area contributed by atoms with Crippen LogP contribution in [0.4, 0.5) is 10.1 Å². The molecule has 1 aliphatic rings. The van der Waals surface area contributed by atoms with Crippen LogP contribution in [0.1, 0.15) is 5.56 Å². The van der Waals surface area contributed by atoms with E-state index < -0.39 is 0 Å². The van der Waals surface area contributed by atoms with Crippen LogP contribution >= 0.6 is 28.1 Å². The van der Waals surface area contributed by atoms with Gasteiger partial charge in [0, 0.05) is 28.3 Å². The fraction of sp³-hybridized carbons (Fsp3) is 0.133. The summed E-state index contributed by atoms with van der Waals surface area (Å²) in [5.74, 6) is 1.10. The second-order valence-corrected chi connectivity index (χ2v) is 5.94. The molecule has 114 valence electrons. The number of hydrogen-bond donors (Lipinski definition) is 2. The van der Waals surface area contributed by atoms with Gasteiger partial charge < -0.3 is 20.1 Å². The zero-order valence-electron chi connectivity index (χ0n) is 11.4. The van der Waals surface area contributed by atoms with Crippen molar-refractivity contribution >= 4 is 38.9 Å². The maximum absolute atomic E-state index is 13.6. The quantitative estimate of drug-likeness (QED) is 0.790. The van der Waals surface area contributed by atoms with E-state index in [0.717, 1.165) is 10.2 Å². The van der Waals surface area contributed by atoms with Crippen LogP contribution in [-0.4, -0.2) is 11.9 Å². The molecule has 2 aromatic rings. The largest absolute Gasteiger partial charge is 0.454 e. The van der Waals surface area contributed by atoms with Crippen molar-refractivity contribution in [2.24, 2.45) is 0 Å². The van der Waals surface area contributed by atoms with Gasteiger partial charge in [-0.3, -0.25) is 0 Å². The Morgan fingerprint density at radius 1 is 1.18 bits per heavy atom. The SMILES string of the molecule is Fc1ccc(Br)cc1CNC(=S)Nc1ccc2c(c1)OCO2. The molecule has 0 atom stereocenters. The van der Waals surface area contributed by atoms with Crippen molar-refractivity contribution in [3.05, 3.63) is 52.3 Å². The van der Waals surface area contributed by atoms with E-state index in [1.165, 1.54) is 6.07 Å². The number of anilines is 1. The van der Waals surface area contributed by atoms with Crippen molar-refractivity contribution in [3.8, 4) is 11.5 Å².